The third kappa shape index (κ3) is 3.47. The highest BCUT2D eigenvalue weighted by molar-refractivity contribution is 9.10. The van der Waals surface area contributed by atoms with Crippen molar-refractivity contribution in [3.8, 4) is 6.07 Å². The predicted octanol–water partition coefficient (Wildman–Crippen LogP) is 2.46. The summed E-state index contributed by atoms with van der Waals surface area (Å²) in [5, 5.41) is 8.77. The summed E-state index contributed by atoms with van der Waals surface area (Å²) in [6.07, 6.45) is 2.87. The molecule has 19 heavy (non-hydrogen) atoms. The summed E-state index contributed by atoms with van der Waals surface area (Å²) in [4.78, 5) is 0. The Hall–Kier alpha value is -1.10. The molecule has 1 heterocycles. The minimum atomic E-state index is -3.51. The van der Waals surface area contributed by atoms with Crippen LogP contribution in [-0.2, 0) is 10.2 Å². The van der Waals surface area contributed by atoms with Gasteiger partial charge in [0.2, 0.25) is 0 Å². The van der Waals surface area contributed by atoms with Crippen molar-refractivity contribution < 1.29 is 8.42 Å². The number of hydrogen-bond acceptors (Lipinski definition) is 3. The van der Waals surface area contributed by atoms with E-state index in [2.05, 4.69) is 20.7 Å². The molecule has 0 radical (unpaired) electrons. The number of rotatable bonds is 3. The Morgan fingerprint density at radius 1 is 1.26 bits per heavy atom. The second-order valence-electron chi connectivity index (χ2n) is 4.37. The van der Waals surface area contributed by atoms with Gasteiger partial charge in [-0.2, -0.15) is 18.0 Å². The van der Waals surface area contributed by atoms with Crippen LogP contribution in [0.1, 0.15) is 24.8 Å². The number of benzene rings is 1. The smallest absolute Gasteiger partial charge is 0.270 e. The fourth-order valence-electron chi connectivity index (χ4n) is 1.98. The Balaban J connectivity index is 2.18. The number of anilines is 1. The largest absolute Gasteiger partial charge is 0.301 e. The molecule has 0 bridgehead atoms. The molecular formula is C12H14BrN3O2S. The highest BCUT2D eigenvalue weighted by atomic mass is 79.9. The van der Waals surface area contributed by atoms with Gasteiger partial charge in [-0.15, -0.1) is 0 Å². The molecule has 0 unspecified atom stereocenters. The summed E-state index contributed by atoms with van der Waals surface area (Å²) in [5.74, 6) is 0. The first-order valence-corrected chi connectivity index (χ1v) is 8.24. The van der Waals surface area contributed by atoms with Gasteiger partial charge in [-0.25, -0.2) is 0 Å². The molecule has 0 saturated carbocycles. The van der Waals surface area contributed by atoms with Gasteiger partial charge in [0.25, 0.3) is 0 Å². The van der Waals surface area contributed by atoms with Crippen LogP contribution >= 0.6 is 15.9 Å². The number of halogens is 1. The first-order valence-electron chi connectivity index (χ1n) is 6.00. The van der Waals surface area contributed by atoms with Gasteiger partial charge >= 0.3 is 10.2 Å². The van der Waals surface area contributed by atoms with Crippen LogP contribution in [0.15, 0.2) is 22.7 Å². The first-order chi connectivity index (χ1) is 9.03. The maximum atomic E-state index is 12.2. The van der Waals surface area contributed by atoms with Crippen LogP contribution in [0.5, 0.6) is 0 Å². The number of nitriles is 1. The maximum Gasteiger partial charge on any atom is 0.301 e. The Labute approximate surface area is 121 Å². The van der Waals surface area contributed by atoms with Gasteiger partial charge in [0.1, 0.15) is 0 Å². The van der Waals surface area contributed by atoms with Crippen LogP contribution in [0, 0.1) is 11.3 Å². The van der Waals surface area contributed by atoms with E-state index in [-0.39, 0.29) is 0 Å². The topological polar surface area (TPSA) is 73.2 Å². The molecule has 1 aliphatic rings. The molecule has 1 aromatic carbocycles. The van der Waals surface area contributed by atoms with E-state index in [9.17, 15) is 8.42 Å². The van der Waals surface area contributed by atoms with Crippen molar-refractivity contribution in [3.05, 3.63) is 28.2 Å². The van der Waals surface area contributed by atoms with Crippen LogP contribution in [0.4, 0.5) is 5.69 Å². The molecule has 5 nitrogen and oxygen atoms in total. The lowest BCUT2D eigenvalue weighted by atomic mass is 10.2. The molecule has 102 valence electrons. The van der Waals surface area contributed by atoms with Gasteiger partial charge in [-0.1, -0.05) is 6.42 Å². The minimum Gasteiger partial charge on any atom is -0.270 e. The van der Waals surface area contributed by atoms with Crippen molar-refractivity contribution >= 4 is 31.8 Å². The third-order valence-electron chi connectivity index (χ3n) is 2.99. The molecule has 0 amide bonds. The summed E-state index contributed by atoms with van der Waals surface area (Å²) in [6.45, 7) is 1.12. The first kappa shape index (κ1) is 14.3. The van der Waals surface area contributed by atoms with Gasteiger partial charge < -0.3 is 0 Å². The molecule has 7 heteroatoms. The van der Waals surface area contributed by atoms with E-state index in [1.807, 2.05) is 6.07 Å². The second-order valence-corrected chi connectivity index (χ2v) is 6.90. The molecular weight excluding hydrogens is 330 g/mol. The van der Waals surface area contributed by atoms with Gasteiger partial charge in [-0.3, -0.25) is 4.72 Å². The average molecular weight is 344 g/mol. The Bertz CT molecular complexity index is 604. The second kappa shape index (κ2) is 5.90. The monoisotopic (exact) mass is 343 g/mol. The summed E-state index contributed by atoms with van der Waals surface area (Å²) >= 11 is 3.27. The van der Waals surface area contributed by atoms with Crippen molar-refractivity contribution in [2.45, 2.75) is 19.3 Å². The number of nitrogens with one attached hydrogen (secondary N) is 1. The molecule has 0 aromatic heterocycles. The quantitative estimate of drug-likeness (QED) is 0.915. The lowest BCUT2D eigenvalue weighted by Crippen LogP contribution is -2.39. The van der Waals surface area contributed by atoms with E-state index in [1.54, 1.807) is 18.2 Å². The summed E-state index contributed by atoms with van der Waals surface area (Å²) < 4.78 is 29.0. The number of nitrogens with zero attached hydrogens (tertiary/aromatic N) is 2. The van der Waals surface area contributed by atoms with E-state index < -0.39 is 10.2 Å². The van der Waals surface area contributed by atoms with E-state index >= 15 is 0 Å². The Kier molecular flexibility index (Phi) is 4.45. The van der Waals surface area contributed by atoms with Crippen molar-refractivity contribution in [3.63, 3.8) is 0 Å². The van der Waals surface area contributed by atoms with E-state index in [4.69, 9.17) is 5.26 Å². The SMILES string of the molecule is N#Cc1ccc(NS(=O)(=O)N2CCCCC2)c(Br)c1. The van der Waals surface area contributed by atoms with Crippen molar-refractivity contribution in [2.75, 3.05) is 17.8 Å². The van der Waals surface area contributed by atoms with Gasteiger partial charge in [0.05, 0.1) is 17.3 Å². The number of hydrogen-bond donors (Lipinski definition) is 1. The molecule has 0 spiro atoms. The third-order valence-corrected chi connectivity index (χ3v) is 5.17. The fraction of sp³-hybridized carbons (Fsp3) is 0.417. The van der Waals surface area contributed by atoms with Crippen LogP contribution in [0.25, 0.3) is 0 Å². The lowest BCUT2D eigenvalue weighted by molar-refractivity contribution is 0.349. The normalized spacial score (nSPS) is 16.8. The highest BCUT2D eigenvalue weighted by Gasteiger charge is 2.24. The van der Waals surface area contributed by atoms with Crippen LogP contribution in [-0.4, -0.2) is 25.8 Å². The molecule has 1 aliphatic heterocycles. The summed E-state index contributed by atoms with van der Waals surface area (Å²) in [5.41, 5.74) is 0.928. The zero-order valence-corrected chi connectivity index (χ0v) is 12.7. The molecule has 1 fully saturated rings. The molecule has 2 rings (SSSR count). The zero-order valence-electron chi connectivity index (χ0n) is 10.3. The highest BCUT2D eigenvalue weighted by Crippen LogP contribution is 2.25. The van der Waals surface area contributed by atoms with E-state index in [0.717, 1.165) is 19.3 Å². The molecule has 1 saturated heterocycles. The lowest BCUT2D eigenvalue weighted by Gasteiger charge is -2.26. The van der Waals surface area contributed by atoms with E-state index in [1.165, 1.54) is 4.31 Å². The predicted molar refractivity (Wildman–Crippen MR) is 76.8 cm³/mol. The molecule has 1 aromatic rings. The maximum absolute atomic E-state index is 12.2. The van der Waals surface area contributed by atoms with Crippen molar-refractivity contribution in [2.24, 2.45) is 0 Å². The Morgan fingerprint density at radius 2 is 1.95 bits per heavy atom. The van der Waals surface area contributed by atoms with Crippen molar-refractivity contribution in [1.29, 1.82) is 5.26 Å². The molecule has 0 aliphatic carbocycles. The Morgan fingerprint density at radius 3 is 2.53 bits per heavy atom. The van der Waals surface area contributed by atoms with Gasteiger partial charge in [0, 0.05) is 17.6 Å². The van der Waals surface area contributed by atoms with Crippen LogP contribution in [0.3, 0.4) is 0 Å². The van der Waals surface area contributed by atoms with Crippen LogP contribution < -0.4 is 4.72 Å². The minimum absolute atomic E-state index is 0.449. The van der Waals surface area contributed by atoms with Gasteiger partial charge in [0.15, 0.2) is 0 Å². The summed E-state index contributed by atoms with van der Waals surface area (Å²) in [7, 11) is -3.51. The van der Waals surface area contributed by atoms with E-state index in [0.29, 0.717) is 28.8 Å². The molecule has 1 N–H and O–H groups in total. The number of piperidine rings is 1. The average Bonchev–Trinajstić information content (AvgIpc) is 2.42. The van der Waals surface area contributed by atoms with Crippen molar-refractivity contribution in [1.82, 2.24) is 4.31 Å². The fourth-order valence-corrected chi connectivity index (χ4v) is 3.91. The summed E-state index contributed by atoms with van der Waals surface area (Å²) in [6, 6.07) is 6.76. The zero-order chi connectivity index (χ0) is 13.9. The molecule has 0 atom stereocenters. The van der Waals surface area contributed by atoms with Gasteiger partial charge in [-0.05, 0) is 47.0 Å². The standard InChI is InChI=1S/C12H14BrN3O2S/c13-11-8-10(9-14)4-5-12(11)15-19(17,18)16-6-2-1-3-7-16/h4-5,8,15H,1-3,6-7H2. The van der Waals surface area contributed by atoms with Crippen LogP contribution in [0.2, 0.25) is 0 Å².